The van der Waals surface area contributed by atoms with Gasteiger partial charge in [-0.15, -0.1) is 11.3 Å². The average Bonchev–Trinajstić information content (AvgIpc) is 3.48. The first-order chi connectivity index (χ1) is 21.3. The van der Waals surface area contributed by atoms with E-state index in [0.717, 1.165) is 22.3 Å². The van der Waals surface area contributed by atoms with Gasteiger partial charge in [0.2, 0.25) is 0 Å². The van der Waals surface area contributed by atoms with Crippen LogP contribution in [0.15, 0.2) is 158 Å². The molecule has 0 fully saturated rings. The summed E-state index contributed by atoms with van der Waals surface area (Å²) in [6.07, 6.45) is 7.50. The molecule has 0 spiro atoms. The normalized spacial score (nSPS) is 11.3. The van der Waals surface area contributed by atoms with Crippen LogP contribution in [0.3, 0.4) is 0 Å². The number of thiophene rings is 1. The van der Waals surface area contributed by atoms with Gasteiger partial charge in [0.15, 0.2) is 0 Å². The summed E-state index contributed by atoms with van der Waals surface area (Å²) in [5, 5.41) is 2.58. The maximum absolute atomic E-state index is 4.40. The Kier molecular flexibility index (Phi) is 6.36. The van der Waals surface area contributed by atoms with Crippen molar-refractivity contribution in [2.45, 2.75) is 0 Å². The van der Waals surface area contributed by atoms with Gasteiger partial charge in [-0.2, -0.15) is 0 Å². The Morgan fingerprint density at radius 3 is 1.44 bits per heavy atom. The molecule has 0 aliphatic carbocycles. The molecule has 3 heteroatoms. The minimum atomic E-state index is 1.10. The van der Waals surface area contributed by atoms with Gasteiger partial charge in [-0.3, -0.25) is 9.97 Å². The lowest BCUT2D eigenvalue weighted by atomic mass is 9.93. The van der Waals surface area contributed by atoms with Gasteiger partial charge in [-0.25, -0.2) is 0 Å². The van der Waals surface area contributed by atoms with Crippen LogP contribution in [0.2, 0.25) is 0 Å². The van der Waals surface area contributed by atoms with Gasteiger partial charge in [0.1, 0.15) is 0 Å². The summed E-state index contributed by atoms with van der Waals surface area (Å²) in [5.41, 5.74) is 11.8. The number of fused-ring (bicyclic) bond motifs is 3. The Hall–Kier alpha value is -5.38. The van der Waals surface area contributed by atoms with Crippen molar-refractivity contribution in [3.05, 3.63) is 158 Å². The molecule has 0 atom stereocenters. The fourth-order valence-corrected chi connectivity index (χ4v) is 7.33. The molecule has 0 amide bonds. The molecule has 8 rings (SSSR count). The van der Waals surface area contributed by atoms with Crippen LogP contribution in [-0.4, -0.2) is 9.97 Å². The molecule has 2 nitrogen and oxygen atoms in total. The smallest absolute Gasteiger partial charge is 0.0434 e. The highest BCUT2D eigenvalue weighted by molar-refractivity contribution is 7.26. The number of pyridine rings is 2. The highest BCUT2D eigenvalue weighted by atomic mass is 32.1. The molecule has 3 heterocycles. The highest BCUT2D eigenvalue weighted by Crippen LogP contribution is 2.45. The van der Waals surface area contributed by atoms with Crippen molar-refractivity contribution in [3.63, 3.8) is 0 Å². The molecule has 0 radical (unpaired) electrons. The lowest BCUT2D eigenvalue weighted by molar-refractivity contribution is 1.32. The summed E-state index contributed by atoms with van der Waals surface area (Å²) < 4.78 is 2.61. The SMILES string of the molecule is c1ccc(-c2cccc(-c3cccc4c3sc3c(-c5cc(-c6cccnc6)cc(-c6cccnc6)c5)cccc34)c2)cc1. The van der Waals surface area contributed by atoms with Crippen molar-refractivity contribution in [1.29, 1.82) is 0 Å². The third kappa shape index (κ3) is 4.70. The summed E-state index contributed by atoms with van der Waals surface area (Å²) >= 11 is 1.88. The van der Waals surface area contributed by atoms with E-state index in [0.29, 0.717) is 0 Å². The van der Waals surface area contributed by atoms with E-state index >= 15 is 0 Å². The second-order valence-corrected chi connectivity index (χ2v) is 11.7. The molecule has 0 saturated carbocycles. The number of hydrogen-bond acceptors (Lipinski definition) is 3. The predicted molar refractivity (Wildman–Crippen MR) is 182 cm³/mol. The third-order valence-electron chi connectivity index (χ3n) is 8.04. The quantitative estimate of drug-likeness (QED) is 0.207. The Bertz CT molecular complexity index is 2160. The zero-order valence-corrected chi connectivity index (χ0v) is 24.1. The van der Waals surface area contributed by atoms with E-state index in [4.69, 9.17) is 0 Å². The average molecular weight is 567 g/mol. The van der Waals surface area contributed by atoms with Crippen LogP contribution < -0.4 is 0 Å². The molecule has 3 aromatic heterocycles. The Morgan fingerprint density at radius 2 is 0.837 bits per heavy atom. The minimum absolute atomic E-state index is 1.10. The van der Waals surface area contributed by atoms with Gasteiger partial charge in [0, 0.05) is 56.1 Å². The van der Waals surface area contributed by atoms with Crippen LogP contribution >= 0.6 is 11.3 Å². The van der Waals surface area contributed by atoms with Crippen LogP contribution in [0.5, 0.6) is 0 Å². The zero-order valence-electron chi connectivity index (χ0n) is 23.3. The largest absolute Gasteiger partial charge is 0.264 e. The van der Waals surface area contributed by atoms with E-state index in [1.807, 2.05) is 48.3 Å². The molecule has 0 unspecified atom stereocenters. The van der Waals surface area contributed by atoms with Crippen LogP contribution in [0.1, 0.15) is 0 Å². The molecule has 0 N–H and O–H groups in total. The van der Waals surface area contributed by atoms with Crippen LogP contribution in [0.4, 0.5) is 0 Å². The first-order valence-corrected chi connectivity index (χ1v) is 15.2. The lowest BCUT2D eigenvalue weighted by Gasteiger charge is -2.11. The van der Waals surface area contributed by atoms with Crippen molar-refractivity contribution >= 4 is 31.5 Å². The topological polar surface area (TPSA) is 25.8 Å². The van der Waals surface area contributed by atoms with Gasteiger partial charge in [0.25, 0.3) is 0 Å². The van der Waals surface area contributed by atoms with Crippen LogP contribution in [0, 0.1) is 0 Å². The number of aromatic nitrogens is 2. The zero-order chi connectivity index (χ0) is 28.6. The van der Waals surface area contributed by atoms with Crippen molar-refractivity contribution in [2.75, 3.05) is 0 Å². The van der Waals surface area contributed by atoms with Crippen LogP contribution in [0.25, 0.3) is 75.8 Å². The molecule has 0 bridgehead atoms. The van der Waals surface area contributed by atoms with Gasteiger partial charge in [-0.1, -0.05) is 97.1 Å². The maximum atomic E-state index is 4.40. The standard InChI is InChI=1S/C40H26N2S/c1-2-9-27(10-3-1)28-11-4-12-29(21-28)35-15-5-17-37-38-18-6-16-36(40(38)43-39(35)37)34-23-32(30-13-7-19-41-25-30)22-33(24-34)31-14-8-20-42-26-31/h1-26H. The summed E-state index contributed by atoms with van der Waals surface area (Å²) in [5.74, 6) is 0. The minimum Gasteiger partial charge on any atom is -0.264 e. The summed E-state index contributed by atoms with van der Waals surface area (Å²) in [4.78, 5) is 8.80. The van der Waals surface area contributed by atoms with Crippen molar-refractivity contribution < 1.29 is 0 Å². The molecular weight excluding hydrogens is 541 g/mol. The van der Waals surface area contributed by atoms with E-state index in [1.165, 1.54) is 53.6 Å². The van der Waals surface area contributed by atoms with Gasteiger partial charge in [-0.05, 0) is 80.9 Å². The Labute approximate surface area is 254 Å². The fraction of sp³-hybridized carbons (Fsp3) is 0. The summed E-state index contributed by atoms with van der Waals surface area (Å²) in [6.45, 7) is 0. The van der Waals surface area contributed by atoms with E-state index in [1.54, 1.807) is 0 Å². The predicted octanol–water partition coefficient (Wildman–Crippen LogP) is 11.2. The van der Waals surface area contributed by atoms with Crippen molar-refractivity contribution in [2.24, 2.45) is 0 Å². The second-order valence-electron chi connectivity index (χ2n) is 10.7. The Balaban J connectivity index is 1.32. The lowest BCUT2D eigenvalue weighted by Crippen LogP contribution is -1.87. The van der Waals surface area contributed by atoms with Crippen molar-refractivity contribution in [3.8, 4) is 55.6 Å². The summed E-state index contributed by atoms with van der Waals surface area (Å²) in [7, 11) is 0. The van der Waals surface area contributed by atoms with Crippen LogP contribution in [-0.2, 0) is 0 Å². The molecule has 0 aliphatic heterocycles. The fourth-order valence-electron chi connectivity index (χ4n) is 5.96. The number of rotatable bonds is 5. The van der Waals surface area contributed by atoms with E-state index in [9.17, 15) is 0 Å². The van der Waals surface area contributed by atoms with Gasteiger partial charge >= 0.3 is 0 Å². The first kappa shape index (κ1) is 25.3. The van der Waals surface area contributed by atoms with Gasteiger partial charge < -0.3 is 0 Å². The molecule has 43 heavy (non-hydrogen) atoms. The Morgan fingerprint density at radius 1 is 0.349 bits per heavy atom. The van der Waals surface area contributed by atoms with Gasteiger partial charge in [0.05, 0.1) is 0 Å². The highest BCUT2D eigenvalue weighted by Gasteiger charge is 2.16. The van der Waals surface area contributed by atoms with E-state index in [-0.39, 0.29) is 0 Å². The summed E-state index contributed by atoms with van der Waals surface area (Å²) in [6, 6.07) is 47.9. The van der Waals surface area contributed by atoms with E-state index in [2.05, 4.69) is 131 Å². The number of benzene rings is 5. The molecule has 8 aromatic rings. The molecule has 5 aromatic carbocycles. The third-order valence-corrected chi connectivity index (χ3v) is 9.33. The number of hydrogen-bond donors (Lipinski definition) is 0. The first-order valence-electron chi connectivity index (χ1n) is 14.4. The second kappa shape index (κ2) is 10.8. The molecule has 202 valence electrons. The molecular formula is C40H26N2S. The molecule has 0 aliphatic rings. The monoisotopic (exact) mass is 566 g/mol. The van der Waals surface area contributed by atoms with Crippen molar-refractivity contribution in [1.82, 2.24) is 9.97 Å². The molecule has 0 saturated heterocycles. The number of nitrogens with zero attached hydrogens (tertiary/aromatic N) is 2. The maximum Gasteiger partial charge on any atom is 0.0434 e. The van der Waals surface area contributed by atoms with E-state index < -0.39 is 0 Å².